The fourth-order valence-corrected chi connectivity index (χ4v) is 1.17. The van der Waals surface area contributed by atoms with Gasteiger partial charge in [0, 0.05) is 19.6 Å². The van der Waals surface area contributed by atoms with Gasteiger partial charge in [-0.25, -0.2) is 9.37 Å². The van der Waals surface area contributed by atoms with E-state index in [0.29, 0.717) is 11.8 Å². The van der Waals surface area contributed by atoms with E-state index in [2.05, 4.69) is 22.2 Å². The van der Waals surface area contributed by atoms with E-state index in [0.717, 1.165) is 13.0 Å². The highest BCUT2D eigenvalue weighted by molar-refractivity contribution is 5.43. The molecule has 16 heavy (non-hydrogen) atoms. The highest BCUT2D eigenvalue weighted by Gasteiger charge is 2.13. The third-order valence-electron chi connectivity index (χ3n) is 2.37. The summed E-state index contributed by atoms with van der Waals surface area (Å²) in [7, 11) is 1.82. The van der Waals surface area contributed by atoms with E-state index < -0.39 is 5.82 Å². The van der Waals surface area contributed by atoms with E-state index in [1.807, 2.05) is 20.9 Å². The van der Waals surface area contributed by atoms with E-state index in [9.17, 15) is 4.39 Å². The van der Waals surface area contributed by atoms with Crippen molar-refractivity contribution in [2.45, 2.75) is 33.2 Å². The second-order valence-electron chi connectivity index (χ2n) is 4.00. The van der Waals surface area contributed by atoms with Gasteiger partial charge < -0.3 is 10.2 Å². The average Bonchev–Trinajstić information content (AvgIpc) is 2.27. The van der Waals surface area contributed by atoms with Crippen LogP contribution in [0.4, 0.5) is 16.2 Å². The van der Waals surface area contributed by atoms with Crippen molar-refractivity contribution in [3.63, 3.8) is 0 Å². The maximum atomic E-state index is 13.5. The molecular formula is C11H19FN4. The van der Waals surface area contributed by atoms with Gasteiger partial charge in [-0.15, -0.1) is 0 Å². The molecule has 0 fully saturated rings. The third kappa shape index (κ3) is 3.05. The van der Waals surface area contributed by atoms with Crippen LogP contribution in [0.2, 0.25) is 0 Å². The van der Waals surface area contributed by atoms with Crippen LogP contribution in [0.3, 0.4) is 0 Å². The van der Waals surface area contributed by atoms with E-state index in [1.165, 1.54) is 6.20 Å². The molecule has 1 heterocycles. The summed E-state index contributed by atoms with van der Waals surface area (Å²) in [6, 6.07) is 0.198. The molecular weight excluding hydrogens is 207 g/mol. The van der Waals surface area contributed by atoms with Crippen molar-refractivity contribution in [3.05, 3.63) is 12.0 Å². The first-order valence-electron chi connectivity index (χ1n) is 5.55. The van der Waals surface area contributed by atoms with Gasteiger partial charge in [-0.05, 0) is 20.3 Å². The smallest absolute Gasteiger partial charge is 0.224 e. The molecule has 0 atom stereocenters. The van der Waals surface area contributed by atoms with Crippen LogP contribution in [0, 0.1) is 5.82 Å². The zero-order valence-corrected chi connectivity index (χ0v) is 10.3. The molecule has 0 aliphatic rings. The van der Waals surface area contributed by atoms with Crippen molar-refractivity contribution >= 4 is 11.8 Å². The van der Waals surface area contributed by atoms with E-state index in [-0.39, 0.29) is 6.04 Å². The van der Waals surface area contributed by atoms with Gasteiger partial charge in [0.1, 0.15) is 0 Å². The molecule has 1 aromatic heterocycles. The lowest BCUT2D eigenvalue weighted by atomic mass is 10.3. The number of anilines is 2. The molecule has 5 heteroatoms. The minimum atomic E-state index is -0.391. The highest BCUT2D eigenvalue weighted by atomic mass is 19.1. The molecule has 4 nitrogen and oxygen atoms in total. The van der Waals surface area contributed by atoms with Crippen LogP contribution in [0.1, 0.15) is 27.2 Å². The molecule has 0 aliphatic carbocycles. The number of nitrogens with one attached hydrogen (secondary N) is 1. The molecule has 90 valence electrons. The van der Waals surface area contributed by atoms with E-state index >= 15 is 0 Å². The van der Waals surface area contributed by atoms with Crippen LogP contribution in [-0.4, -0.2) is 29.6 Å². The number of nitrogens with zero attached hydrogens (tertiary/aromatic N) is 3. The quantitative estimate of drug-likeness (QED) is 0.836. The Bertz CT molecular complexity index is 341. The third-order valence-corrected chi connectivity index (χ3v) is 2.37. The summed E-state index contributed by atoms with van der Waals surface area (Å²) in [6.07, 6.45) is 2.19. The van der Waals surface area contributed by atoms with Gasteiger partial charge in [0.25, 0.3) is 0 Å². The lowest BCUT2D eigenvalue weighted by molar-refractivity contribution is 0.598. The van der Waals surface area contributed by atoms with Crippen molar-refractivity contribution in [3.8, 4) is 0 Å². The Hall–Kier alpha value is -1.39. The van der Waals surface area contributed by atoms with Gasteiger partial charge in [0.05, 0.1) is 6.20 Å². The predicted molar refractivity (Wildman–Crippen MR) is 64.3 cm³/mol. The minimum Gasteiger partial charge on any atom is -0.355 e. The van der Waals surface area contributed by atoms with Crippen LogP contribution in [0.5, 0.6) is 0 Å². The number of rotatable bonds is 5. The Morgan fingerprint density at radius 1 is 1.50 bits per heavy atom. The summed E-state index contributed by atoms with van der Waals surface area (Å²) >= 11 is 0. The molecule has 0 bridgehead atoms. The normalized spacial score (nSPS) is 10.6. The SMILES string of the molecule is CCCNc1ncc(F)c(N(C)C(C)C)n1. The van der Waals surface area contributed by atoms with Crippen molar-refractivity contribution in [1.82, 2.24) is 9.97 Å². The molecule has 1 N–H and O–H groups in total. The summed E-state index contributed by atoms with van der Waals surface area (Å²) in [5, 5.41) is 3.04. The van der Waals surface area contributed by atoms with Gasteiger partial charge in [-0.1, -0.05) is 6.92 Å². The molecule has 1 aromatic rings. The maximum absolute atomic E-state index is 13.5. The maximum Gasteiger partial charge on any atom is 0.224 e. The average molecular weight is 226 g/mol. The Kier molecular flexibility index (Phi) is 4.46. The van der Waals surface area contributed by atoms with E-state index in [1.54, 1.807) is 4.90 Å². The van der Waals surface area contributed by atoms with Gasteiger partial charge >= 0.3 is 0 Å². The molecule has 1 rings (SSSR count). The molecule has 0 saturated carbocycles. The lowest BCUT2D eigenvalue weighted by Gasteiger charge is -2.23. The van der Waals surface area contributed by atoms with Crippen molar-refractivity contribution in [1.29, 1.82) is 0 Å². The zero-order valence-electron chi connectivity index (χ0n) is 10.3. The van der Waals surface area contributed by atoms with Crippen molar-refractivity contribution in [2.75, 3.05) is 23.8 Å². The minimum absolute atomic E-state index is 0.198. The van der Waals surface area contributed by atoms with Crippen LogP contribution < -0.4 is 10.2 Å². The topological polar surface area (TPSA) is 41.1 Å². The summed E-state index contributed by atoms with van der Waals surface area (Å²) in [5.41, 5.74) is 0. The largest absolute Gasteiger partial charge is 0.355 e. The Balaban J connectivity index is 2.90. The van der Waals surface area contributed by atoms with Gasteiger partial charge in [0.2, 0.25) is 5.95 Å². The Labute approximate surface area is 95.9 Å². The monoisotopic (exact) mass is 226 g/mol. The van der Waals surface area contributed by atoms with Crippen LogP contribution >= 0.6 is 0 Å². The van der Waals surface area contributed by atoms with Gasteiger partial charge in [-0.2, -0.15) is 4.98 Å². The number of hydrogen-bond acceptors (Lipinski definition) is 4. The second kappa shape index (κ2) is 5.63. The molecule has 0 radical (unpaired) electrons. The lowest BCUT2D eigenvalue weighted by Crippen LogP contribution is -2.28. The van der Waals surface area contributed by atoms with Gasteiger partial charge in [0.15, 0.2) is 11.6 Å². The molecule has 0 spiro atoms. The first-order chi connectivity index (χ1) is 7.56. The molecule has 0 unspecified atom stereocenters. The zero-order chi connectivity index (χ0) is 12.1. The Morgan fingerprint density at radius 2 is 2.19 bits per heavy atom. The summed E-state index contributed by atoms with van der Waals surface area (Å²) in [4.78, 5) is 9.84. The first kappa shape index (κ1) is 12.7. The summed E-state index contributed by atoms with van der Waals surface area (Å²) < 4.78 is 13.5. The number of hydrogen-bond donors (Lipinski definition) is 1. The van der Waals surface area contributed by atoms with Crippen LogP contribution in [0.15, 0.2) is 6.20 Å². The fraction of sp³-hybridized carbons (Fsp3) is 0.636. The van der Waals surface area contributed by atoms with Crippen molar-refractivity contribution in [2.24, 2.45) is 0 Å². The van der Waals surface area contributed by atoms with Crippen molar-refractivity contribution < 1.29 is 4.39 Å². The number of aromatic nitrogens is 2. The fourth-order valence-electron chi connectivity index (χ4n) is 1.17. The number of halogens is 1. The molecule has 0 saturated heterocycles. The molecule has 0 amide bonds. The standard InChI is InChI=1S/C11H19FN4/c1-5-6-13-11-14-7-9(12)10(15-11)16(4)8(2)3/h7-8H,5-6H2,1-4H3,(H,13,14,15). The molecule has 0 aromatic carbocycles. The van der Waals surface area contributed by atoms with Gasteiger partial charge in [-0.3, -0.25) is 0 Å². The molecule has 0 aliphatic heterocycles. The second-order valence-corrected chi connectivity index (χ2v) is 4.00. The summed E-state index contributed by atoms with van der Waals surface area (Å²) in [5.74, 6) is 0.424. The van der Waals surface area contributed by atoms with Crippen LogP contribution in [-0.2, 0) is 0 Å². The highest BCUT2D eigenvalue weighted by Crippen LogP contribution is 2.17. The Morgan fingerprint density at radius 3 is 2.75 bits per heavy atom. The first-order valence-corrected chi connectivity index (χ1v) is 5.55. The van der Waals surface area contributed by atoms with E-state index in [4.69, 9.17) is 0 Å². The predicted octanol–water partition coefficient (Wildman–Crippen LogP) is 2.28. The summed E-state index contributed by atoms with van der Waals surface area (Å²) in [6.45, 7) is 6.82. The van der Waals surface area contributed by atoms with Crippen LogP contribution in [0.25, 0.3) is 0 Å².